The van der Waals surface area contributed by atoms with E-state index in [-0.39, 0.29) is 17.2 Å². The van der Waals surface area contributed by atoms with Crippen molar-refractivity contribution in [2.24, 2.45) is 0 Å². The van der Waals surface area contributed by atoms with Crippen molar-refractivity contribution >= 4 is 10.9 Å². The first-order chi connectivity index (χ1) is 12.1. The van der Waals surface area contributed by atoms with E-state index in [0.717, 1.165) is 33.3 Å². The molecule has 0 aliphatic carbocycles. The van der Waals surface area contributed by atoms with E-state index in [2.05, 4.69) is 0 Å². The number of benzene rings is 3. The third-order valence-corrected chi connectivity index (χ3v) is 4.12. The van der Waals surface area contributed by atoms with Gasteiger partial charge in [-0.2, -0.15) is 0 Å². The highest BCUT2D eigenvalue weighted by atomic mass is 16.3. The summed E-state index contributed by atoms with van der Waals surface area (Å²) in [4.78, 5) is 4.76. The smallest absolute Gasteiger partial charge is 0.116 e. The Balaban J connectivity index is 2.01. The van der Waals surface area contributed by atoms with Crippen LogP contribution in [0.1, 0.15) is 0 Å². The topological polar surface area (TPSA) is 73.6 Å². The number of phenols is 3. The summed E-state index contributed by atoms with van der Waals surface area (Å²) in [5.74, 6) is 0.574. The van der Waals surface area contributed by atoms with E-state index in [9.17, 15) is 15.3 Å². The van der Waals surface area contributed by atoms with Gasteiger partial charge in [-0.05, 0) is 66.2 Å². The standard InChI is InChI=1S/C21H15NO3/c23-16-5-1-13(2-6-16)19-12-15-11-18(25)9-10-20(15)22-21(19)14-3-7-17(24)8-4-14/h1-12,23-25H. The van der Waals surface area contributed by atoms with Crippen molar-refractivity contribution < 1.29 is 15.3 Å². The van der Waals surface area contributed by atoms with Crippen LogP contribution in [0, 0.1) is 0 Å². The van der Waals surface area contributed by atoms with E-state index in [1.807, 2.05) is 30.3 Å². The minimum absolute atomic E-state index is 0.184. The van der Waals surface area contributed by atoms with Crippen LogP contribution in [0.15, 0.2) is 72.8 Å². The Morgan fingerprint density at radius 1 is 0.560 bits per heavy atom. The second-order valence-electron chi connectivity index (χ2n) is 5.86. The SMILES string of the molecule is Oc1ccc(-c2cc3cc(O)ccc3nc2-c2ccc(O)cc2)cc1. The number of hydrogen-bond acceptors (Lipinski definition) is 4. The lowest BCUT2D eigenvalue weighted by Crippen LogP contribution is -1.91. The van der Waals surface area contributed by atoms with Crippen LogP contribution in [0.4, 0.5) is 0 Å². The molecule has 0 saturated carbocycles. The van der Waals surface area contributed by atoms with Crippen molar-refractivity contribution in [2.75, 3.05) is 0 Å². The maximum Gasteiger partial charge on any atom is 0.116 e. The fourth-order valence-electron chi connectivity index (χ4n) is 2.86. The van der Waals surface area contributed by atoms with Crippen LogP contribution in [-0.2, 0) is 0 Å². The zero-order valence-corrected chi connectivity index (χ0v) is 13.2. The number of hydrogen-bond donors (Lipinski definition) is 3. The summed E-state index contributed by atoms with van der Waals surface area (Å²) in [6.45, 7) is 0. The lowest BCUT2D eigenvalue weighted by atomic mass is 9.97. The molecule has 122 valence electrons. The van der Waals surface area contributed by atoms with Crippen molar-refractivity contribution in [2.45, 2.75) is 0 Å². The molecular formula is C21H15NO3. The van der Waals surface area contributed by atoms with Crippen LogP contribution in [-0.4, -0.2) is 20.3 Å². The molecule has 1 aromatic heterocycles. The molecular weight excluding hydrogens is 314 g/mol. The first-order valence-corrected chi connectivity index (χ1v) is 7.83. The molecule has 0 bridgehead atoms. The Bertz CT molecular complexity index is 1050. The average molecular weight is 329 g/mol. The minimum Gasteiger partial charge on any atom is -0.508 e. The first kappa shape index (κ1) is 15.0. The maximum atomic E-state index is 9.76. The molecule has 0 fully saturated rings. The highest BCUT2D eigenvalue weighted by Gasteiger charge is 2.12. The minimum atomic E-state index is 0.184. The number of nitrogens with zero attached hydrogens (tertiary/aromatic N) is 1. The fourth-order valence-corrected chi connectivity index (χ4v) is 2.86. The summed E-state index contributed by atoms with van der Waals surface area (Å²) < 4.78 is 0. The van der Waals surface area contributed by atoms with Gasteiger partial charge in [0.1, 0.15) is 17.2 Å². The molecule has 0 saturated heterocycles. The predicted octanol–water partition coefficient (Wildman–Crippen LogP) is 4.69. The van der Waals surface area contributed by atoms with E-state index >= 15 is 0 Å². The number of phenolic OH excluding ortho intramolecular Hbond substituents is 3. The van der Waals surface area contributed by atoms with Crippen LogP contribution in [0.2, 0.25) is 0 Å². The summed E-state index contributed by atoms with van der Waals surface area (Å²) in [6, 6.07) is 20.8. The molecule has 4 aromatic rings. The molecule has 0 amide bonds. The van der Waals surface area contributed by atoms with Crippen molar-refractivity contribution in [3.63, 3.8) is 0 Å². The van der Waals surface area contributed by atoms with Gasteiger partial charge in [0.2, 0.25) is 0 Å². The summed E-state index contributed by atoms with van der Waals surface area (Å²) in [6.07, 6.45) is 0. The van der Waals surface area contributed by atoms with Gasteiger partial charge in [0.25, 0.3) is 0 Å². The molecule has 25 heavy (non-hydrogen) atoms. The number of pyridine rings is 1. The second kappa shape index (κ2) is 5.83. The summed E-state index contributed by atoms with van der Waals surface area (Å²) in [5.41, 5.74) is 4.19. The normalized spacial score (nSPS) is 10.9. The van der Waals surface area contributed by atoms with E-state index in [1.54, 1.807) is 42.5 Å². The molecule has 3 aromatic carbocycles. The Morgan fingerprint density at radius 3 is 1.76 bits per heavy atom. The van der Waals surface area contributed by atoms with Crippen LogP contribution in [0.25, 0.3) is 33.3 Å². The molecule has 0 unspecified atom stereocenters. The summed E-state index contributed by atoms with van der Waals surface area (Å²) >= 11 is 0. The number of fused-ring (bicyclic) bond motifs is 1. The molecule has 4 heteroatoms. The highest BCUT2D eigenvalue weighted by molar-refractivity contribution is 5.92. The van der Waals surface area contributed by atoms with E-state index < -0.39 is 0 Å². The lowest BCUT2D eigenvalue weighted by molar-refractivity contribution is 0.475. The molecule has 3 N–H and O–H groups in total. The van der Waals surface area contributed by atoms with Crippen molar-refractivity contribution in [1.82, 2.24) is 4.98 Å². The summed E-state index contributed by atoms with van der Waals surface area (Å²) in [7, 11) is 0. The van der Waals surface area contributed by atoms with Crippen molar-refractivity contribution in [1.29, 1.82) is 0 Å². The van der Waals surface area contributed by atoms with Gasteiger partial charge in [-0.3, -0.25) is 0 Å². The lowest BCUT2D eigenvalue weighted by Gasteiger charge is -2.12. The Labute approximate surface area is 144 Å². The van der Waals surface area contributed by atoms with Crippen LogP contribution < -0.4 is 0 Å². The van der Waals surface area contributed by atoms with E-state index in [1.165, 1.54) is 0 Å². The molecule has 0 atom stereocenters. The monoisotopic (exact) mass is 329 g/mol. The molecule has 0 radical (unpaired) electrons. The third-order valence-electron chi connectivity index (χ3n) is 4.12. The van der Waals surface area contributed by atoms with Gasteiger partial charge in [-0.25, -0.2) is 4.98 Å². The number of aromatic hydroxyl groups is 3. The van der Waals surface area contributed by atoms with Crippen LogP contribution in [0.5, 0.6) is 17.2 Å². The highest BCUT2D eigenvalue weighted by Crippen LogP contribution is 2.35. The fraction of sp³-hybridized carbons (Fsp3) is 0. The van der Waals surface area contributed by atoms with Crippen molar-refractivity contribution in [3.8, 4) is 39.6 Å². The second-order valence-corrected chi connectivity index (χ2v) is 5.86. The van der Waals surface area contributed by atoms with Gasteiger partial charge in [0, 0.05) is 16.5 Å². The molecule has 4 nitrogen and oxygen atoms in total. The molecule has 0 aliphatic heterocycles. The van der Waals surface area contributed by atoms with Gasteiger partial charge >= 0.3 is 0 Å². The molecule has 1 heterocycles. The zero-order chi connectivity index (χ0) is 17.4. The molecule has 4 rings (SSSR count). The number of aromatic nitrogens is 1. The van der Waals surface area contributed by atoms with Crippen LogP contribution >= 0.6 is 0 Å². The Kier molecular flexibility index (Phi) is 3.51. The van der Waals surface area contributed by atoms with Gasteiger partial charge in [-0.15, -0.1) is 0 Å². The largest absolute Gasteiger partial charge is 0.508 e. The van der Waals surface area contributed by atoms with Gasteiger partial charge in [0.05, 0.1) is 11.2 Å². The summed E-state index contributed by atoms with van der Waals surface area (Å²) in [5, 5.41) is 29.7. The average Bonchev–Trinajstić information content (AvgIpc) is 2.62. The maximum absolute atomic E-state index is 9.76. The van der Waals surface area contributed by atoms with Crippen molar-refractivity contribution in [3.05, 3.63) is 72.8 Å². The van der Waals surface area contributed by atoms with Gasteiger partial charge in [0.15, 0.2) is 0 Å². The molecule has 0 aliphatic rings. The first-order valence-electron chi connectivity index (χ1n) is 7.83. The third kappa shape index (κ3) is 2.85. The quantitative estimate of drug-likeness (QED) is 0.499. The predicted molar refractivity (Wildman–Crippen MR) is 97.6 cm³/mol. The van der Waals surface area contributed by atoms with Crippen LogP contribution in [0.3, 0.4) is 0 Å². The molecule has 0 spiro atoms. The zero-order valence-electron chi connectivity index (χ0n) is 13.2. The van der Waals surface area contributed by atoms with Gasteiger partial charge < -0.3 is 15.3 Å². The Morgan fingerprint density at radius 2 is 1.12 bits per heavy atom. The Hall–Kier alpha value is -3.53. The van der Waals surface area contributed by atoms with E-state index in [0.29, 0.717) is 0 Å². The van der Waals surface area contributed by atoms with Gasteiger partial charge in [-0.1, -0.05) is 12.1 Å². The number of rotatable bonds is 2. The van der Waals surface area contributed by atoms with E-state index in [4.69, 9.17) is 4.98 Å².